The first-order chi connectivity index (χ1) is 11.6. The fourth-order valence-corrected chi connectivity index (χ4v) is 4.10. The van der Waals surface area contributed by atoms with Crippen LogP contribution in [0.1, 0.15) is 29.0 Å². The third kappa shape index (κ3) is 3.59. The molecular weight excluding hydrogens is 316 g/mol. The summed E-state index contributed by atoms with van der Waals surface area (Å²) in [6.45, 7) is 2.83. The first-order valence-corrected chi connectivity index (χ1v) is 9.39. The highest BCUT2D eigenvalue weighted by Gasteiger charge is 2.32. The average Bonchev–Trinajstić information content (AvgIpc) is 2.96. The molecule has 1 fully saturated rings. The van der Waals surface area contributed by atoms with E-state index >= 15 is 0 Å². The van der Waals surface area contributed by atoms with Crippen molar-refractivity contribution >= 4 is 23.4 Å². The third-order valence-corrected chi connectivity index (χ3v) is 5.70. The summed E-state index contributed by atoms with van der Waals surface area (Å²) in [5.41, 5.74) is 4.89. The second-order valence-electron chi connectivity index (χ2n) is 6.34. The number of hydrogen-bond acceptors (Lipinski definition) is 3. The average molecular weight is 340 g/mol. The number of thioether (sulfide) groups is 1. The van der Waals surface area contributed by atoms with E-state index in [-0.39, 0.29) is 11.3 Å². The van der Waals surface area contributed by atoms with Crippen LogP contribution in [-0.4, -0.2) is 30.7 Å². The lowest BCUT2D eigenvalue weighted by atomic mass is 10.1. The van der Waals surface area contributed by atoms with Crippen molar-refractivity contribution < 1.29 is 4.79 Å². The molecule has 0 spiro atoms. The predicted octanol–water partition coefficient (Wildman–Crippen LogP) is 4.09. The molecule has 0 aromatic heterocycles. The molecule has 0 saturated carbocycles. The highest BCUT2D eigenvalue weighted by Crippen LogP contribution is 2.39. The molecule has 0 aliphatic carbocycles. The number of anilines is 1. The Labute approximate surface area is 148 Å². The zero-order valence-electron chi connectivity index (χ0n) is 14.5. The van der Waals surface area contributed by atoms with E-state index < -0.39 is 0 Å². The molecule has 1 aliphatic rings. The Kier molecular flexibility index (Phi) is 5.14. The van der Waals surface area contributed by atoms with Crippen LogP contribution in [0.3, 0.4) is 0 Å². The molecule has 3 rings (SSSR count). The van der Waals surface area contributed by atoms with Gasteiger partial charge in [0.25, 0.3) is 0 Å². The monoisotopic (exact) mass is 340 g/mol. The summed E-state index contributed by atoms with van der Waals surface area (Å²) >= 11 is 1.72. The quantitative estimate of drug-likeness (QED) is 0.819. The molecule has 1 atom stereocenters. The lowest BCUT2D eigenvalue weighted by molar-refractivity contribution is -0.128. The fraction of sp³-hybridized carbons (Fsp3) is 0.350. The van der Waals surface area contributed by atoms with Gasteiger partial charge in [-0.15, -0.1) is 11.8 Å². The summed E-state index contributed by atoms with van der Waals surface area (Å²) < 4.78 is 0. The van der Waals surface area contributed by atoms with E-state index in [1.807, 2.05) is 19.0 Å². The van der Waals surface area contributed by atoms with Gasteiger partial charge in [-0.3, -0.25) is 4.79 Å². The number of carbonyl (C=O) groups excluding carboxylic acids is 1. The molecule has 1 saturated heterocycles. The number of carbonyl (C=O) groups is 1. The Balaban J connectivity index is 1.77. The Bertz CT molecular complexity index is 695. The Morgan fingerprint density at radius 2 is 1.67 bits per heavy atom. The van der Waals surface area contributed by atoms with Gasteiger partial charge >= 0.3 is 0 Å². The molecule has 0 N–H and O–H groups in total. The topological polar surface area (TPSA) is 23.6 Å². The molecule has 0 radical (unpaired) electrons. The first kappa shape index (κ1) is 16.9. The molecule has 1 aliphatic heterocycles. The SMILES string of the molecule is CCc1ccc(C2SCC(=O)N2Cc2ccc(N(C)C)cc2)cc1. The van der Waals surface area contributed by atoms with E-state index in [0.29, 0.717) is 12.3 Å². The van der Waals surface area contributed by atoms with Crippen molar-refractivity contribution in [1.82, 2.24) is 4.90 Å². The van der Waals surface area contributed by atoms with Gasteiger partial charge in [-0.25, -0.2) is 0 Å². The Morgan fingerprint density at radius 3 is 2.25 bits per heavy atom. The minimum atomic E-state index is 0.122. The van der Waals surface area contributed by atoms with Crippen LogP contribution in [0.4, 0.5) is 5.69 Å². The van der Waals surface area contributed by atoms with E-state index in [0.717, 1.165) is 6.42 Å². The van der Waals surface area contributed by atoms with E-state index in [2.05, 4.69) is 60.4 Å². The fourth-order valence-electron chi connectivity index (χ4n) is 2.92. The van der Waals surface area contributed by atoms with Gasteiger partial charge in [0, 0.05) is 26.3 Å². The van der Waals surface area contributed by atoms with Crippen LogP contribution in [-0.2, 0) is 17.8 Å². The molecule has 4 heteroatoms. The highest BCUT2D eigenvalue weighted by molar-refractivity contribution is 8.00. The van der Waals surface area contributed by atoms with Gasteiger partial charge in [-0.2, -0.15) is 0 Å². The lowest BCUT2D eigenvalue weighted by Crippen LogP contribution is -2.27. The van der Waals surface area contributed by atoms with Crippen LogP contribution in [0.5, 0.6) is 0 Å². The molecular formula is C20H24N2OS. The lowest BCUT2D eigenvalue weighted by Gasteiger charge is -2.25. The third-order valence-electron chi connectivity index (χ3n) is 4.45. The highest BCUT2D eigenvalue weighted by atomic mass is 32.2. The van der Waals surface area contributed by atoms with Crippen molar-refractivity contribution in [1.29, 1.82) is 0 Å². The summed E-state index contributed by atoms with van der Waals surface area (Å²) in [5.74, 6) is 0.789. The maximum absolute atomic E-state index is 12.4. The van der Waals surface area contributed by atoms with Crippen molar-refractivity contribution in [2.75, 3.05) is 24.7 Å². The molecule has 24 heavy (non-hydrogen) atoms. The van der Waals surface area contributed by atoms with E-state index in [1.165, 1.54) is 22.4 Å². The van der Waals surface area contributed by atoms with Crippen molar-refractivity contribution in [2.24, 2.45) is 0 Å². The van der Waals surface area contributed by atoms with Gasteiger partial charge in [0.2, 0.25) is 5.91 Å². The molecule has 126 valence electrons. The van der Waals surface area contributed by atoms with Crippen LogP contribution in [0, 0.1) is 0 Å². The van der Waals surface area contributed by atoms with E-state index in [9.17, 15) is 4.79 Å². The van der Waals surface area contributed by atoms with Crippen LogP contribution in [0.25, 0.3) is 0 Å². The van der Waals surface area contributed by atoms with Crippen molar-refractivity contribution in [3.63, 3.8) is 0 Å². The van der Waals surface area contributed by atoms with E-state index in [4.69, 9.17) is 0 Å². The molecule has 2 aromatic rings. The van der Waals surface area contributed by atoms with Crippen LogP contribution < -0.4 is 4.90 Å². The summed E-state index contributed by atoms with van der Waals surface area (Å²) in [6, 6.07) is 17.1. The molecule has 1 unspecified atom stereocenters. The Hall–Kier alpha value is -1.94. The predicted molar refractivity (Wildman–Crippen MR) is 102 cm³/mol. The number of amides is 1. The second-order valence-corrected chi connectivity index (χ2v) is 7.41. The van der Waals surface area contributed by atoms with Crippen molar-refractivity contribution in [3.8, 4) is 0 Å². The minimum Gasteiger partial charge on any atom is -0.378 e. The van der Waals surface area contributed by atoms with Gasteiger partial charge in [0.15, 0.2) is 0 Å². The minimum absolute atomic E-state index is 0.122. The molecule has 3 nitrogen and oxygen atoms in total. The first-order valence-electron chi connectivity index (χ1n) is 8.34. The zero-order valence-corrected chi connectivity index (χ0v) is 15.3. The van der Waals surface area contributed by atoms with Gasteiger partial charge < -0.3 is 9.80 Å². The van der Waals surface area contributed by atoms with Gasteiger partial charge in [-0.05, 0) is 35.2 Å². The van der Waals surface area contributed by atoms with Gasteiger partial charge in [0.05, 0.1) is 5.75 Å². The second kappa shape index (κ2) is 7.31. The maximum Gasteiger partial charge on any atom is 0.234 e. The smallest absolute Gasteiger partial charge is 0.234 e. The summed E-state index contributed by atoms with van der Waals surface area (Å²) in [7, 11) is 4.07. The van der Waals surface area contributed by atoms with Gasteiger partial charge in [0.1, 0.15) is 5.37 Å². The van der Waals surface area contributed by atoms with Gasteiger partial charge in [-0.1, -0.05) is 43.3 Å². The maximum atomic E-state index is 12.4. The number of benzene rings is 2. The molecule has 1 amide bonds. The molecule has 2 aromatic carbocycles. The van der Waals surface area contributed by atoms with Crippen molar-refractivity contribution in [2.45, 2.75) is 25.3 Å². The standard InChI is InChI=1S/C20H24N2OS/c1-4-15-5-9-17(10-6-15)20-22(19(23)14-24-20)13-16-7-11-18(12-8-16)21(2)3/h5-12,20H,4,13-14H2,1-3H3. The summed E-state index contributed by atoms with van der Waals surface area (Å²) in [4.78, 5) is 16.4. The number of hydrogen-bond donors (Lipinski definition) is 0. The largest absolute Gasteiger partial charge is 0.378 e. The van der Waals surface area contributed by atoms with Crippen LogP contribution in [0.2, 0.25) is 0 Å². The number of rotatable bonds is 5. The zero-order chi connectivity index (χ0) is 17.1. The molecule has 0 bridgehead atoms. The normalized spacial score (nSPS) is 17.4. The van der Waals surface area contributed by atoms with Crippen LogP contribution >= 0.6 is 11.8 Å². The van der Waals surface area contributed by atoms with Crippen LogP contribution in [0.15, 0.2) is 48.5 Å². The molecule has 1 heterocycles. The van der Waals surface area contributed by atoms with Crippen molar-refractivity contribution in [3.05, 3.63) is 65.2 Å². The Morgan fingerprint density at radius 1 is 1.04 bits per heavy atom. The summed E-state index contributed by atoms with van der Waals surface area (Å²) in [6.07, 6.45) is 1.04. The van der Waals surface area contributed by atoms with E-state index in [1.54, 1.807) is 11.8 Å². The number of nitrogens with zero attached hydrogens (tertiary/aromatic N) is 2. The summed E-state index contributed by atoms with van der Waals surface area (Å²) in [5, 5.41) is 0.122. The number of aryl methyl sites for hydroxylation is 1.